The summed E-state index contributed by atoms with van der Waals surface area (Å²) in [5.74, 6) is -4.58. The molecule has 4 aromatic carbocycles. The smallest absolute Gasteiger partial charge is 0.312 e. The van der Waals surface area contributed by atoms with E-state index in [0.717, 1.165) is 39.2 Å². The summed E-state index contributed by atoms with van der Waals surface area (Å²) >= 11 is 0. The van der Waals surface area contributed by atoms with Crippen LogP contribution in [0.15, 0.2) is 109 Å². The van der Waals surface area contributed by atoms with Gasteiger partial charge in [0.25, 0.3) is 0 Å². The van der Waals surface area contributed by atoms with Gasteiger partial charge in [0.2, 0.25) is 11.6 Å². The molecule has 1 atom stereocenters. The van der Waals surface area contributed by atoms with Crippen LogP contribution in [0.25, 0.3) is 34.1 Å². The van der Waals surface area contributed by atoms with Gasteiger partial charge in [-0.3, -0.25) is 0 Å². The lowest BCUT2D eigenvalue weighted by molar-refractivity contribution is -0.155. The zero-order valence-electron chi connectivity index (χ0n) is 23.8. The molecule has 0 bridgehead atoms. The minimum Gasteiger partial charge on any atom is -0.312 e. The van der Waals surface area contributed by atoms with Gasteiger partial charge in [0.15, 0.2) is 5.82 Å². The highest BCUT2D eigenvalue weighted by atomic mass is 19.4. The normalized spacial score (nSPS) is 16.7. The Labute approximate surface area is 258 Å². The average molecular weight is 625 g/mol. The molecule has 1 unspecified atom stereocenters. The summed E-state index contributed by atoms with van der Waals surface area (Å²) in [5, 5.41) is 0.669. The Hall–Kier alpha value is -5.25. The molecule has 0 spiro atoms. The summed E-state index contributed by atoms with van der Waals surface area (Å²) in [5.41, 5.74) is 6.32. The van der Waals surface area contributed by atoms with Crippen molar-refractivity contribution in [3.05, 3.63) is 149 Å². The van der Waals surface area contributed by atoms with Gasteiger partial charge >= 0.3 is 12.4 Å². The molecule has 2 aromatic heterocycles. The molecule has 1 aliphatic heterocycles. The summed E-state index contributed by atoms with van der Waals surface area (Å²) in [6.07, 6.45) is -5.61. The minimum atomic E-state index is -5.19. The summed E-state index contributed by atoms with van der Waals surface area (Å²) in [6, 6.07) is 33.5. The molecule has 0 N–H and O–H groups in total. The largest absolute Gasteiger partial charge is 0.451 e. The van der Waals surface area contributed by atoms with Crippen molar-refractivity contribution in [3.8, 4) is 17.1 Å². The van der Waals surface area contributed by atoms with E-state index >= 15 is 0 Å². The Morgan fingerprint density at radius 1 is 0.674 bits per heavy atom. The standard InChI is InChI=1S/C36H22F6N4/c37-35(38,39)32-43-31(44-33(45-32)36(40,41)42)21-18-19-28-25(20-21)24-14-9-16-27-30(24)46(28)29-17-8-7-15-26(29)34(27,22-10-3-1-4-11-22)23-12-5-2-6-13-23/h1-15,17-20,27H,16H2. The van der Waals surface area contributed by atoms with Gasteiger partial charge < -0.3 is 4.57 Å². The lowest BCUT2D eigenvalue weighted by Crippen LogP contribution is -2.42. The molecule has 228 valence electrons. The lowest BCUT2D eigenvalue weighted by atomic mass is 9.57. The Morgan fingerprint density at radius 3 is 1.87 bits per heavy atom. The second-order valence-corrected chi connectivity index (χ2v) is 11.4. The molecular weight excluding hydrogens is 602 g/mol. The topological polar surface area (TPSA) is 43.6 Å². The summed E-state index contributed by atoms with van der Waals surface area (Å²) in [7, 11) is 0. The molecular formula is C36H22F6N4. The SMILES string of the molecule is FC(F)(F)c1nc(-c2ccc3c(c2)c2c4n3-c3ccccc3C(c3ccccc3)(c3ccccc3)C4CC=C2)nc(C(F)(F)F)n1. The van der Waals surface area contributed by atoms with Crippen molar-refractivity contribution in [2.24, 2.45) is 0 Å². The number of aromatic nitrogens is 4. The second kappa shape index (κ2) is 9.87. The minimum absolute atomic E-state index is 0.0197. The highest BCUT2D eigenvalue weighted by Crippen LogP contribution is 2.59. The maximum Gasteiger partial charge on any atom is 0.451 e. The summed E-state index contributed by atoms with van der Waals surface area (Å²) < 4.78 is 83.7. The number of rotatable bonds is 3. The Bertz CT molecular complexity index is 2090. The molecule has 0 amide bonds. The number of fused-ring (bicyclic) bond motifs is 5. The van der Waals surface area contributed by atoms with Crippen LogP contribution in [-0.4, -0.2) is 19.5 Å². The fraction of sp³-hybridized carbons (Fsp3) is 0.139. The van der Waals surface area contributed by atoms with Gasteiger partial charge in [-0.25, -0.2) is 15.0 Å². The average Bonchev–Trinajstić information content (AvgIpc) is 3.40. The molecule has 0 radical (unpaired) electrons. The van der Waals surface area contributed by atoms with Crippen molar-refractivity contribution in [2.45, 2.75) is 30.1 Å². The first-order valence-electron chi connectivity index (χ1n) is 14.5. The van der Waals surface area contributed by atoms with Crippen LogP contribution in [0.2, 0.25) is 0 Å². The molecule has 0 saturated carbocycles. The molecule has 2 aliphatic rings. The predicted molar refractivity (Wildman–Crippen MR) is 161 cm³/mol. The van der Waals surface area contributed by atoms with Crippen molar-refractivity contribution >= 4 is 17.0 Å². The van der Waals surface area contributed by atoms with E-state index in [1.54, 1.807) is 12.1 Å². The number of benzene rings is 4. The van der Waals surface area contributed by atoms with Gasteiger partial charge in [-0.05, 0) is 47.4 Å². The number of para-hydroxylation sites is 1. The molecule has 46 heavy (non-hydrogen) atoms. The third-order valence-corrected chi connectivity index (χ3v) is 8.98. The van der Waals surface area contributed by atoms with Crippen LogP contribution >= 0.6 is 0 Å². The van der Waals surface area contributed by atoms with E-state index in [2.05, 4.69) is 62.0 Å². The monoisotopic (exact) mass is 624 g/mol. The van der Waals surface area contributed by atoms with E-state index in [1.807, 2.05) is 54.6 Å². The van der Waals surface area contributed by atoms with E-state index in [-0.39, 0.29) is 11.5 Å². The Kier molecular flexibility index (Phi) is 6.06. The van der Waals surface area contributed by atoms with Gasteiger partial charge in [-0.1, -0.05) is 91.0 Å². The fourth-order valence-corrected chi connectivity index (χ4v) is 7.30. The maximum absolute atomic E-state index is 13.6. The Balaban J connectivity index is 1.43. The Morgan fingerprint density at radius 2 is 1.26 bits per heavy atom. The van der Waals surface area contributed by atoms with E-state index < -0.39 is 35.2 Å². The molecule has 3 heterocycles. The number of allylic oxidation sites excluding steroid dienone is 1. The highest BCUT2D eigenvalue weighted by Gasteiger charge is 2.51. The number of nitrogens with zero attached hydrogens (tertiary/aromatic N) is 4. The number of hydrogen-bond donors (Lipinski definition) is 0. The van der Waals surface area contributed by atoms with Crippen LogP contribution < -0.4 is 0 Å². The van der Waals surface area contributed by atoms with Crippen molar-refractivity contribution < 1.29 is 26.3 Å². The molecule has 0 saturated heterocycles. The zero-order valence-corrected chi connectivity index (χ0v) is 23.8. The van der Waals surface area contributed by atoms with Crippen LogP contribution in [0, 0.1) is 0 Å². The van der Waals surface area contributed by atoms with Gasteiger partial charge in [0.05, 0.1) is 16.6 Å². The van der Waals surface area contributed by atoms with Crippen LogP contribution in [0.5, 0.6) is 0 Å². The van der Waals surface area contributed by atoms with E-state index in [4.69, 9.17) is 0 Å². The first kappa shape index (κ1) is 28.2. The lowest BCUT2D eigenvalue weighted by Gasteiger charge is -2.48. The van der Waals surface area contributed by atoms with Crippen molar-refractivity contribution in [2.75, 3.05) is 0 Å². The van der Waals surface area contributed by atoms with Gasteiger partial charge in [0.1, 0.15) is 0 Å². The van der Waals surface area contributed by atoms with Gasteiger partial charge in [-0.15, -0.1) is 0 Å². The van der Waals surface area contributed by atoms with E-state index in [1.165, 1.54) is 6.07 Å². The van der Waals surface area contributed by atoms with Gasteiger partial charge in [0, 0.05) is 28.1 Å². The molecule has 10 heteroatoms. The third-order valence-electron chi connectivity index (χ3n) is 8.98. The molecule has 8 rings (SSSR count). The first-order valence-corrected chi connectivity index (χ1v) is 14.5. The maximum atomic E-state index is 13.6. The van der Waals surface area contributed by atoms with Crippen LogP contribution in [-0.2, 0) is 17.8 Å². The van der Waals surface area contributed by atoms with Crippen molar-refractivity contribution in [3.63, 3.8) is 0 Å². The van der Waals surface area contributed by atoms with Crippen LogP contribution in [0.3, 0.4) is 0 Å². The molecule has 1 aliphatic carbocycles. The number of hydrogen-bond acceptors (Lipinski definition) is 3. The molecule has 6 aromatic rings. The second-order valence-electron chi connectivity index (χ2n) is 11.4. The number of alkyl halides is 6. The van der Waals surface area contributed by atoms with Crippen molar-refractivity contribution in [1.29, 1.82) is 0 Å². The van der Waals surface area contributed by atoms with E-state index in [0.29, 0.717) is 11.8 Å². The zero-order chi connectivity index (χ0) is 31.8. The van der Waals surface area contributed by atoms with E-state index in [9.17, 15) is 26.3 Å². The highest BCUT2D eigenvalue weighted by molar-refractivity contribution is 5.97. The molecule has 0 fully saturated rings. The first-order chi connectivity index (χ1) is 22.1. The fourth-order valence-electron chi connectivity index (χ4n) is 7.30. The summed E-state index contributed by atoms with van der Waals surface area (Å²) in [4.78, 5) is 9.54. The van der Waals surface area contributed by atoms with Crippen LogP contribution in [0.4, 0.5) is 26.3 Å². The van der Waals surface area contributed by atoms with Crippen LogP contribution in [0.1, 0.15) is 51.9 Å². The third kappa shape index (κ3) is 4.05. The summed E-state index contributed by atoms with van der Waals surface area (Å²) in [6.45, 7) is 0. The number of halogens is 6. The predicted octanol–water partition coefficient (Wildman–Crippen LogP) is 9.37. The van der Waals surface area contributed by atoms with Gasteiger partial charge in [-0.2, -0.15) is 26.3 Å². The van der Waals surface area contributed by atoms with Crippen molar-refractivity contribution in [1.82, 2.24) is 19.5 Å². The quantitative estimate of drug-likeness (QED) is 0.184. The molecule has 4 nitrogen and oxygen atoms in total.